The summed E-state index contributed by atoms with van der Waals surface area (Å²) in [5.41, 5.74) is 0.769. The minimum atomic E-state index is -0.485. The number of esters is 1. The van der Waals surface area contributed by atoms with Gasteiger partial charge in [0.15, 0.2) is 6.61 Å². The van der Waals surface area contributed by atoms with Crippen LogP contribution in [0.5, 0.6) is 0 Å². The van der Waals surface area contributed by atoms with Gasteiger partial charge >= 0.3 is 5.97 Å². The Balaban J connectivity index is 1.49. The van der Waals surface area contributed by atoms with Crippen molar-refractivity contribution in [2.24, 2.45) is 0 Å². The third-order valence-electron chi connectivity index (χ3n) is 3.93. The van der Waals surface area contributed by atoms with Crippen LogP contribution in [0.15, 0.2) is 52.4 Å². The number of anilines is 1. The van der Waals surface area contributed by atoms with Crippen LogP contribution < -0.4 is 4.90 Å². The molecular weight excluding hydrogens is 378 g/mol. The molecule has 0 fully saturated rings. The van der Waals surface area contributed by atoms with Crippen LogP contribution in [-0.4, -0.2) is 34.7 Å². The zero-order valence-electron chi connectivity index (χ0n) is 15.7. The molecular formula is C20H21N3O4S. The fourth-order valence-corrected chi connectivity index (χ4v) is 3.32. The Morgan fingerprint density at radius 3 is 2.64 bits per heavy atom. The van der Waals surface area contributed by atoms with Crippen LogP contribution in [-0.2, 0) is 20.7 Å². The van der Waals surface area contributed by atoms with Crippen molar-refractivity contribution in [3.05, 3.63) is 53.7 Å². The molecule has 0 bridgehead atoms. The first kappa shape index (κ1) is 19.8. The van der Waals surface area contributed by atoms with Gasteiger partial charge in [0.1, 0.15) is 0 Å². The topological polar surface area (TPSA) is 85.5 Å². The van der Waals surface area contributed by atoms with Crippen molar-refractivity contribution < 1.29 is 18.8 Å². The van der Waals surface area contributed by atoms with Crippen LogP contribution in [0.25, 0.3) is 10.7 Å². The van der Waals surface area contributed by atoms with Gasteiger partial charge in [0.25, 0.3) is 5.91 Å². The number of hydrogen-bond acceptors (Lipinski definition) is 7. The van der Waals surface area contributed by atoms with E-state index < -0.39 is 5.97 Å². The Kier molecular flexibility index (Phi) is 6.54. The van der Waals surface area contributed by atoms with Crippen molar-refractivity contribution in [3.8, 4) is 10.7 Å². The quantitative estimate of drug-likeness (QED) is 0.537. The molecule has 0 saturated heterocycles. The van der Waals surface area contributed by atoms with Crippen LogP contribution in [0.3, 0.4) is 0 Å². The molecule has 28 heavy (non-hydrogen) atoms. The predicted molar refractivity (Wildman–Crippen MR) is 106 cm³/mol. The lowest BCUT2D eigenvalue weighted by molar-refractivity contribution is -0.148. The van der Waals surface area contributed by atoms with E-state index in [4.69, 9.17) is 9.26 Å². The lowest BCUT2D eigenvalue weighted by Crippen LogP contribution is -2.39. The highest BCUT2D eigenvalue weighted by Crippen LogP contribution is 2.21. The van der Waals surface area contributed by atoms with Crippen LogP contribution in [0.2, 0.25) is 0 Å². The fourth-order valence-electron chi connectivity index (χ4n) is 2.67. The third kappa shape index (κ3) is 5.04. The number of aryl methyl sites for hydroxylation is 1. The van der Waals surface area contributed by atoms with E-state index in [0.717, 1.165) is 10.6 Å². The molecule has 0 aliphatic rings. The van der Waals surface area contributed by atoms with E-state index in [2.05, 4.69) is 10.1 Å². The second kappa shape index (κ2) is 9.27. The summed E-state index contributed by atoms with van der Waals surface area (Å²) >= 11 is 1.51. The van der Waals surface area contributed by atoms with E-state index >= 15 is 0 Å². The summed E-state index contributed by atoms with van der Waals surface area (Å²) in [6, 6.07) is 13.0. The summed E-state index contributed by atoms with van der Waals surface area (Å²) in [6.45, 7) is 3.51. The molecule has 0 spiro atoms. The van der Waals surface area contributed by atoms with Crippen molar-refractivity contribution in [3.63, 3.8) is 0 Å². The highest BCUT2D eigenvalue weighted by atomic mass is 32.1. The van der Waals surface area contributed by atoms with E-state index in [-0.39, 0.29) is 31.4 Å². The monoisotopic (exact) mass is 399 g/mol. The molecule has 7 nitrogen and oxygen atoms in total. The molecule has 0 atom stereocenters. The van der Waals surface area contributed by atoms with Gasteiger partial charge in [-0.1, -0.05) is 29.4 Å². The summed E-state index contributed by atoms with van der Waals surface area (Å²) in [6.07, 6.45) is 0.324. The van der Waals surface area contributed by atoms with Crippen LogP contribution in [0.1, 0.15) is 26.2 Å². The van der Waals surface area contributed by atoms with Gasteiger partial charge in [0.05, 0.1) is 11.3 Å². The Bertz CT molecular complexity index is 907. The number of aromatic nitrogens is 2. The van der Waals surface area contributed by atoms with Crippen LogP contribution in [0, 0.1) is 0 Å². The predicted octanol–water partition coefficient (Wildman–Crippen LogP) is 3.72. The highest BCUT2D eigenvalue weighted by Gasteiger charge is 2.20. The normalized spacial score (nSPS) is 10.8. The van der Waals surface area contributed by atoms with Gasteiger partial charge in [-0.15, -0.1) is 11.3 Å². The number of rotatable bonds is 8. The zero-order valence-corrected chi connectivity index (χ0v) is 16.5. The summed E-state index contributed by atoms with van der Waals surface area (Å²) in [5.74, 6) is 0.108. The number of carbonyl (C=O) groups is 2. The average molecular weight is 399 g/mol. The average Bonchev–Trinajstić information content (AvgIpc) is 3.37. The number of ether oxygens (including phenoxy) is 1. The molecule has 0 N–H and O–H groups in total. The Morgan fingerprint density at radius 2 is 1.96 bits per heavy atom. The molecule has 1 amide bonds. The van der Waals surface area contributed by atoms with Crippen LogP contribution >= 0.6 is 11.3 Å². The lowest BCUT2D eigenvalue weighted by Gasteiger charge is -2.26. The molecule has 146 valence electrons. The lowest BCUT2D eigenvalue weighted by atomic mass is 10.2. The number of amides is 1. The minimum Gasteiger partial charge on any atom is -0.456 e. The van der Waals surface area contributed by atoms with Gasteiger partial charge in [0, 0.05) is 18.2 Å². The van der Waals surface area contributed by atoms with Gasteiger partial charge in [-0.3, -0.25) is 9.59 Å². The smallest absolute Gasteiger partial charge is 0.306 e. The van der Waals surface area contributed by atoms with Gasteiger partial charge in [-0.25, -0.2) is 0 Å². The maximum Gasteiger partial charge on any atom is 0.306 e. The van der Waals surface area contributed by atoms with Crippen LogP contribution in [0.4, 0.5) is 5.69 Å². The summed E-state index contributed by atoms with van der Waals surface area (Å²) < 4.78 is 10.3. The molecule has 3 rings (SSSR count). The van der Waals surface area contributed by atoms with E-state index in [9.17, 15) is 9.59 Å². The van der Waals surface area contributed by atoms with Gasteiger partial charge in [0.2, 0.25) is 11.7 Å². The number of thiophene rings is 1. The largest absolute Gasteiger partial charge is 0.456 e. The van der Waals surface area contributed by atoms with Gasteiger partial charge in [-0.05, 0) is 37.4 Å². The number of carbonyl (C=O) groups excluding carboxylic acids is 2. The molecule has 0 saturated carbocycles. The van der Waals surface area contributed by atoms with E-state index in [1.165, 1.54) is 11.3 Å². The maximum atomic E-state index is 12.5. The van der Waals surface area contributed by atoms with Crippen molar-refractivity contribution in [2.75, 3.05) is 11.5 Å². The third-order valence-corrected chi connectivity index (χ3v) is 4.79. The molecule has 0 aliphatic heterocycles. The number of hydrogen-bond donors (Lipinski definition) is 0. The minimum absolute atomic E-state index is 0.0531. The first-order valence-corrected chi connectivity index (χ1v) is 9.81. The molecule has 0 radical (unpaired) electrons. The summed E-state index contributed by atoms with van der Waals surface area (Å²) in [7, 11) is 0. The second-order valence-corrected chi connectivity index (χ2v) is 7.29. The summed E-state index contributed by atoms with van der Waals surface area (Å²) in [4.78, 5) is 31.3. The van der Waals surface area contributed by atoms with E-state index in [0.29, 0.717) is 11.7 Å². The Hall–Kier alpha value is -3.00. The standard InChI is InChI=1S/C20H21N3O4S/c1-14(2)23(15-7-4-3-5-8-15)18(24)13-26-19(25)11-10-17-21-20(22-27-17)16-9-6-12-28-16/h3-9,12,14H,10-11,13H2,1-2H3. The SMILES string of the molecule is CC(C)N(C(=O)COC(=O)CCc1nc(-c2cccs2)no1)c1ccccc1. The highest BCUT2D eigenvalue weighted by molar-refractivity contribution is 7.13. The molecule has 2 heterocycles. The van der Waals surface area contributed by atoms with Gasteiger partial charge in [-0.2, -0.15) is 4.98 Å². The van der Waals surface area contributed by atoms with Crippen molar-refractivity contribution >= 4 is 28.9 Å². The Labute approximate surface area is 166 Å². The van der Waals surface area contributed by atoms with Crippen molar-refractivity contribution in [1.29, 1.82) is 0 Å². The molecule has 3 aromatic rings. The number of benzene rings is 1. The first-order valence-electron chi connectivity index (χ1n) is 8.94. The molecule has 2 aromatic heterocycles. The fraction of sp³-hybridized carbons (Fsp3) is 0.300. The Morgan fingerprint density at radius 1 is 1.18 bits per heavy atom. The molecule has 1 aromatic carbocycles. The molecule has 0 unspecified atom stereocenters. The first-order chi connectivity index (χ1) is 13.5. The van der Waals surface area contributed by atoms with Crippen molar-refractivity contribution in [1.82, 2.24) is 10.1 Å². The number of para-hydroxylation sites is 1. The van der Waals surface area contributed by atoms with Crippen molar-refractivity contribution in [2.45, 2.75) is 32.7 Å². The maximum absolute atomic E-state index is 12.5. The zero-order chi connectivity index (χ0) is 19.9. The van der Waals surface area contributed by atoms with E-state index in [1.807, 2.05) is 61.7 Å². The number of nitrogens with zero attached hydrogens (tertiary/aromatic N) is 3. The summed E-state index contributed by atoms with van der Waals surface area (Å²) in [5, 5.41) is 5.82. The van der Waals surface area contributed by atoms with E-state index in [1.54, 1.807) is 4.90 Å². The molecule has 8 heteroatoms. The molecule has 0 aliphatic carbocycles. The van der Waals surface area contributed by atoms with Gasteiger partial charge < -0.3 is 14.2 Å². The second-order valence-electron chi connectivity index (χ2n) is 6.34.